The predicted octanol–water partition coefficient (Wildman–Crippen LogP) is 3.57. The molecular formula is C15H25NO. The second-order valence-electron chi connectivity index (χ2n) is 6.09. The molecule has 0 fully saturated rings. The number of benzene rings is 1. The summed E-state index contributed by atoms with van der Waals surface area (Å²) < 4.78 is 0. The number of hydrogen-bond donors (Lipinski definition) is 1. The zero-order chi connectivity index (χ0) is 13.2. The summed E-state index contributed by atoms with van der Waals surface area (Å²) in [6.07, 6.45) is 0. The van der Waals surface area contributed by atoms with Crippen LogP contribution in [0.25, 0.3) is 0 Å². The fourth-order valence-corrected chi connectivity index (χ4v) is 1.91. The maximum atomic E-state index is 9.84. The van der Waals surface area contributed by atoms with E-state index in [0.29, 0.717) is 11.8 Å². The third-order valence-corrected chi connectivity index (χ3v) is 3.57. The molecule has 1 rings (SSSR count). The molecule has 0 amide bonds. The lowest BCUT2D eigenvalue weighted by molar-refractivity contribution is 0.133. The molecule has 0 radical (unpaired) electrons. The number of aromatic hydroxyl groups is 1. The van der Waals surface area contributed by atoms with E-state index in [1.165, 1.54) is 5.56 Å². The Morgan fingerprint density at radius 3 is 2.41 bits per heavy atom. The van der Waals surface area contributed by atoms with Crippen LogP contribution < -0.4 is 0 Å². The van der Waals surface area contributed by atoms with Gasteiger partial charge in [-0.3, -0.25) is 4.90 Å². The molecule has 0 heterocycles. The Kier molecular flexibility index (Phi) is 4.21. The molecule has 96 valence electrons. The first-order valence-corrected chi connectivity index (χ1v) is 6.20. The number of phenolic OH excluding ortho intramolecular Hbond substituents is 1. The van der Waals surface area contributed by atoms with Gasteiger partial charge in [-0.1, -0.05) is 38.5 Å². The molecule has 0 aliphatic heterocycles. The van der Waals surface area contributed by atoms with Crippen molar-refractivity contribution in [2.45, 2.75) is 47.2 Å². The van der Waals surface area contributed by atoms with E-state index in [2.05, 4.69) is 52.6 Å². The lowest BCUT2D eigenvalue weighted by atomic mass is 9.87. The topological polar surface area (TPSA) is 23.5 Å². The minimum Gasteiger partial charge on any atom is -0.508 e. The summed E-state index contributed by atoms with van der Waals surface area (Å²) in [5, 5.41) is 9.84. The van der Waals surface area contributed by atoms with Gasteiger partial charge in [0.05, 0.1) is 0 Å². The van der Waals surface area contributed by atoms with Gasteiger partial charge in [0.1, 0.15) is 5.75 Å². The SMILES string of the molecule is Cc1ccc(O)c(CN(C)C(C)C(C)(C)C)c1. The zero-order valence-corrected chi connectivity index (χ0v) is 11.9. The van der Waals surface area contributed by atoms with Crippen molar-refractivity contribution in [3.05, 3.63) is 29.3 Å². The molecule has 2 heteroatoms. The van der Waals surface area contributed by atoms with E-state index in [9.17, 15) is 5.11 Å². The van der Waals surface area contributed by atoms with E-state index in [1.807, 2.05) is 6.07 Å². The van der Waals surface area contributed by atoms with Crippen LogP contribution in [0, 0.1) is 12.3 Å². The summed E-state index contributed by atoms with van der Waals surface area (Å²) in [7, 11) is 2.11. The number of nitrogens with zero attached hydrogens (tertiary/aromatic N) is 1. The molecular weight excluding hydrogens is 210 g/mol. The van der Waals surface area contributed by atoms with Gasteiger partial charge in [-0.2, -0.15) is 0 Å². The summed E-state index contributed by atoms with van der Waals surface area (Å²) >= 11 is 0. The molecule has 0 aliphatic rings. The highest BCUT2D eigenvalue weighted by atomic mass is 16.3. The molecule has 0 aliphatic carbocycles. The molecule has 1 aromatic rings. The number of phenols is 1. The number of rotatable bonds is 3. The maximum Gasteiger partial charge on any atom is 0.120 e. The average molecular weight is 235 g/mol. The van der Waals surface area contributed by atoms with Crippen molar-refractivity contribution in [1.29, 1.82) is 0 Å². The van der Waals surface area contributed by atoms with Crippen LogP contribution in [0.3, 0.4) is 0 Å². The summed E-state index contributed by atoms with van der Waals surface area (Å²) in [6.45, 7) is 11.8. The molecule has 2 nitrogen and oxygen atoms in total. The molecule has 1 N–H and O–H groups in total. The first-order valence-electron chi connectivity index (χ1n) is 6.20. The van der Waals surface area contributed by atoms with Gasteiger partial charge in [0.25, 0.3) is 0 Å². The van der Waals surface area contributed by atoms with Crippen molar-refractivity contribution >= 4 is 0 Å². The summed E-state index contributed by atoms with van der Waals surface area (Å²) in [5.41, 5.74) is 2.44. The fraction of sp³-hybridized carbons (Fsp3) is 0.600. The van der Waals surface area contributed by atoms with Gasteiger partial charge in [-0.15, -0.1) is 0 Å². The minimum atomic E-state index is 0.244. The lowest BCUT2D eigenvalue weighted by Gasteiger charge is -2.35. The monoisotopic (exact) mass is 235 g/mol. The van der Waals surface area contributed by atoms with E-state index >= 15 is 0 Å². The molecule has 0 aromatic heterocycles. The molecule has 0 spiro atoms. The number of aryl methyl sites for hydroxylation is 1. The Hall–Kier alpha value is -1.02. The third kappa shape index (κ3) is 3.74. The van der Waals surface area contributed by atoms with Crippen molar-refractivity contribution < 1.29 is 5.11 Å². The van der Waals surface area contributed by atoms with Crippen LogP contribution >= 0.6 is 0 Å². The Balaban J connectivity index is 2.81. The molecule has 1 unspecified atom stereocenters. The molecule has 0 saturated carbocycles. The Morgan fingerprint density at radius 2 is 1.88 bits per heavy atom. The van der Waals surface area contributed by atoms with Crippen LogP contribution in [0.15, 0.2) is 18.2 Å². The summed E-state index contributed by atoms with van der Waals surface area (Å²) in [6, 6.07) is 6.23. The fourth-order valence-electron chi connectivity index (χ4n) is 1.91. The van der Waals surface area contributed by atoms with Crippen LogP contribution in [0.5, 0.6) is 5.75 Å². The van der Waals surface area contributed by atoms with E-state index in [0.717, 1.165) is 12.1 Å². The van der Waals surface area contributed by atoms with Crippen LogP contribution in [0.2, 0.25) is 0 Å². The van der Waals surface area contributed by atoms with Crippen LogP contribution in [0.1, 0.15) is 38.8 Å². The largest absolute Gasteiger partial charge is 0.508 e. The normalized spacial score (nSPS) is 14.1. The third-order valence-electron chi connectivity index (χ3n) is 3.57. The zero-order valence-electron chi connectivity index (χ0n) is 11.9. The minimum absolute atomic E-state index is 0.244. The molecule has 0 saturated heterocycles. The van der Waals surface area contributed by atoms with E-state index in [4.69, 9.17) is 0 Å². The van der Waals surface area contributed by atoms with Crippen molar-refractivity contribution in [2.24, 2.45) is 5.41 Å². The van der Waals surface area contributed by atoms with Gasteiger partial charge in [-0.05, 0) is 32.4 Å². The smallest absolute Gasteiger partial charge is 0.120 e. The quantitative estimate of drug-likeness (QED) is 0.865. The lowest BCUT2D eigenvalue weighted by Crippen LogP contribution is -2.38. The summed E-state index contributed by atoms with van der Waals surface area (Å²) in [5.74, 6) is 0.392. The highest BCUT2D eigenvalue weighted by molar-refractivity contribution is 5.35. The Labute approximate surface area is 105 Å². The van der Waals surface area contributed by atoms with Crippen molar-refractivity contribution in [3.8, 4) is 5.75 Å². The van der Waals surface area contributed by atoms with Crippen LogP contribution in [-0.2, 0) is 6.54 Å². The Bertz CT molecular complexity index is 379. The van der Waals surface area contributed by atoms with Gasteiger partial charge in [0, 0.05) is 18.2 Å². The summed E-state index contributed by atoms with van der Waals surface area (Å²) in [4.78, 5) is 2.29. The second kappa shape index (κ2) is 5.09. The highest BCUT2D eigenvalue weighted by Crippen LogP contribution is 2.26. The standard InChI is InChI=1S/C15H25NO/c1-11-7-8-14(17)13(9-11)10-16(6)12(2)15(3,4)5/h7-9,12,17H,10H2,1-6H3. The van der Waals surface area contributed by atoms with Gasteiger partial charge < -0.3 is 5.11 Å². The van der Waals surface area contributed by atoms with Crippen molar-refractivity contribution in [2.75, 3.05) is 7.05 Å². The molecule has 1 atom stereocenters. The predicted molar refractivity (Wildman–Crippen MR) is 73.2 cm³/mol. The molecule has 0 bridgehead atoms. The molecule has 17 heavy (non-hydrogen) atoms. The first kappa shape index (κ1) is 14.0. The first-order chi connectivity index (χ1) is 7.71. The van der Waals surface area contributed by atoms with E-state index in [-0.39, 0.29) is 5.41 Å². The van der Waals surface area contributed by atoms with Crippen LogP contribution in [0.4, 0.5) is 0 Å². The molecule has 1 aromatic carbocycles. The van der Waals surface area contributed by atoms with Crippen LogP contribution in [-0.4, -0.2) is 23.1 Å². The second-order valence-corrected chi connectivity index (χ2v) is 6.09. The van der Waals surface area contributed by atoms with Gasteiger partial charge in [0.15, 0.2) is 0 Å². The highest BCUT2D eigenvalue weighted by Gasteiger charge is 2.24. The van der Waals surface area contributed by atoms with Crippen molar-refractivity contribution in [1.82, 2.24) is 4.90 Å². The van der Waals surface area contributed by atoms with E-state index in [1.54, 1.807) is 6.07 Å². The van der Waals surface area contributed by atoms with E-state index < -0.39 is 0 Å². The Morgan fingerprint density at radius 1 is 1.29 bits per heavy atom. The van der Waals surface area contributed by atoms with Gasteiger partial charge >= 0.3 is 0 Å². The maximum absolute atomic E-state index is 9.84. The van der Waals surface area contributed by atoms with Crippen molar-refractivity contribution in [3.63, 3.8) is 0 Å². The number of hydrogen-bond acceptors (Lipinski definition) is 2. The average Bonchev–Trinajstić information content (AvgIpc) is 2.21. The van der Waals surface area contributed by atoms with Gasteiger partial charge in [0.2, 0.25) is 0 Å². The van der Waals surface area contributed by atoms with Gasteiger partial charge in [-0.25, -0.2) is 0 Å².